The van der Waals surface area contributed by atoms with E-state index in [0.29, 0.717) is 5.41 Å². The van der Waals surface area contributed by atoms with Gasteiger partial charge in [-0.05, 0) is 19.4 Å². The molecule has 0 amide bonds. The highest BCUT2D eigenvalue weighted by molar-refractivity contribution is 7.09. The molecule has 0 radical (unpaired) electrons. The topological polar surface area (TPSA) is 45.2 Å². The number of anilines is 1. The Morgan fingerprint density at radius 1 is 1.24 bits per heavy atom. The molecule has 0 atom stereocenters. The van der Waals surface area contributed by atoms with Crippen LogP contribution in [0.1, 0.15) is 17.1 Å². The van der Waals surface area contributed by atoms with Crippen LogP contribution in [0.4, 0.5) is 5.95 Å². The lowest BCUT2D eigenvalue weighted by molar-refractivity contribution is 0.0108. The number of hydrogen-bond donors (Lipinski definition) is 0. The van der Waals surface area contributed by atoms with Crippen molar-refractivity contribution in [1.82, 2.24) is 19.9 Å². The Kier molecular flexibility index (Phi) is 3.15. The van der Waals surface area contributed by atoms with Crippen molar-refractivity contribution in [3.63, 3.8) is 0 Å². The van der Waals surface area contributed by atoms with Crippen LogP contribution >= 0.6 is 11.3 Å². The summed E-state index contributed by atoms with van der Waals surface area (Å²) in [5.74, 6) is 0.878. The molecule has 2 aromatic rings. The minimum absolute atomic E-state index is 0.449. The lowest BCUT2D eigenvalue weighted by atomic mass is 9.79. The fraction of sp³-hybridized carbons (Fsp3) is 0.533. The van der Waals surface area contributed by atoms with Crippen LogP contribution in [0.5, 0.6) is 0 Å². The molecule has 0 saturated carbocycles. The monoisotopic (exact) mass is 301 g/mol. The fourth-order valence-electron chi connectivity index (χ4n) is 3.54. The number of nitrogens with zero attached hydrogens (tertiary/aromatic N) is 5. The molecule has 4 heterocycles. The fourth-order valence-corrected chi connectivity index (χ4v) is 4.15. The molecule has 2 aromatic heterocycles. The third-order valence-electron chi connectivity index (χ3n) is 4.44. The van der Waals surface area contributed by atoms with E-state index in [1.54, 1.807) is 11.3 Å². The molecule has 0 N–H and O–H groups in total. The van der Waals surface area contributed by atoms with Crippen LogP contribution in [-0.4, -0.2) is 46.0 Å². The van der Waals surface area contributed by atoms with Gasteiger partial charge in [0.05, 0.1) is 10.7 Å². The third-order valence-corrected chi connectivity index (χ3v) is 5.27. The summed E-state index contributed by atoms with van der Waals surface area (Å²) >= 11 is 1.74. The number of aryl methyl sites for hydroxylation is 1. The summed E-state index contributed by atoms with van der Waals surface area (Å²) in [6, 6.07) is 1.87. The zero-order valence-electron chi connectivity index (χ0n) is 12.2. The number of hydrogen-bond acceptors (Lipinski definition) is 6. The van der Waals surface area contributed by atoms with Gasteiger partial charge in [0.25, 0.3) is 0 Å². The van der Waals surface area contributed by atoms with Crippen LogP contribution in [0.3, 0.4) is 0 Å². The molecule has 110 valence electrons. The smallest absolute Gasteiger partial charge is 0.225 e. The lowest BCUT2D eigenvalue weighted by Gasteiger charge is -2.47. The van der Waals surface area contributed by atoms with Crippen molar-refractivity contribution in [3.05, 3.63) is 34.5 Å². The van der Waals surface area contributed by atoms with E-state index < -0.39 is 0 Å². The van der Waals surface area contributed by atoms with E-state index in [-0.39, 0.29) is 0 Å². The largest absolute Gasteiger partial charge is 0.340 e. The first-order valence-electron chi connectivity index (χ1n) is 7.38. The van der Waals surface area contributed by atoms with E-state index in [0.717, 1.165) is 30.6 Å². The van der Waals surface area contributed by atoms with Gasteiger partial charge in [-0.1, -0.05) is 0 Å². The highest BCUT2D eigenvalue weighted by Crippen LogP contribution is 2.40. The first-order valence-corrected chi connectivity index (χ1v) is 8.26. The Morgan fingerprint density at radius 2 is 2.05 bits per heavy atom. The first-order chi connectivity index (χ1) is 10.2. The van der Waals surface area contributed by atoms with Gasteiger partial charge in [0.15, 0.2) is 0 Å². The molecule has 0 aromatic carbocycles. The van der Waals surface area contributed by atoms with E-state index in [9.17, 15) is 0 Å². The summed E-state index contributed by atoms with van der Waals surface area (Å²) in [7, 11) is 0. The number of likely N-dealkylation sites (tertiary alicyclic amines) is 1. The van der Waals surface area contributed by atoms with Gasteiger partial charge >= 0.3 is 0 Å². The van der Waals surface area contributed by atoms with Gasteiger partial charge in [-0.15, -0.1) is 11.3 Å². The van der Waals surface area contributed by atoms with Crippen molar-refractivity contribution >= 4 is 17.3 Å². The number of thiazole rings is 1. The zero-order chi connectivity index (χ0) is 14.3. The summed E-state index contributed by atoms with van der Waals surface area (Å²) in [5, 5.41) is 3.34. The molecule has 2 saturated heterocycles. The second-order valence-electron chi connectivity index (χ2n) is 6.22. The molecule has 0 aliphatic carbocycles. The second-order valence-corrected chi connectivity index (χ2v) is 7.29. The zero-order valence-corrected chi connectivity index (χ0v) is 13.0. The van der Waals surface area contributed by atoms with E-state index in [1.807, 2.05) is 18.5 Å². The van der Waals surface area contributed by atoms with E-state index in [4.69, 9.17) is 0 Å². The molecule has 4 rings (SSSR count). The van der Waals surface area contributed by atoms with Gasteiger partial charge in [-0.2, -0.15) is 0 Å². The van der Waals surface area contributed by atoms with Crippen LogP contribution in [0.15, 0.2) is 23.8 Å². The van der Waals surface area contributed by atoms with Crippen LogP contribution < -0.4 is 4.90 Å². The van der Waals surface area contributed by atoms with Crippen molar-refractivity contribution in [2.24, 2.45) is 5.41 Å². The van der Waals surface area contributed by atoms with Crippen LogP contribution in [-0.2, 0) is 6.54 Å². The summed E-state index contributed by atoms with van der Waals surface area (Å²) in [6.45, 7) is 7.57. The number of rotatable bonds is 3. The molecule has 2 aliphatic heterocycles. The molecule has 2 fully saturated rings. The number of aromatic nitrogens is 3. The predicted molar refractivity (Wildman–Crippen MR) is 83.4 cm³/mol. The van der Waals surface area contributed by atoms with Crippen LogP contribution in [0.25, 0.3) is 0 Å². The van der Waals surface area contributed by atoms with E-state index in [1.165, 1.54) is 25.2 Å². The van der Waals surface area contributed by atoms with Gasteiger partial charge in [-0.25, -0.2) is 15.0 Å². The van der Waals surface area contributed by atoms with E-state index in [2.05, 4.69) is 37.1 Å². The van der Waals surface area contributed by atoms with Crippen molar-refractivity contribution < 1.29 is 0 Å². The Bertz CT molecular complexity index is 620. The molecule has 0 unspecified atom stereocenters. The molecule has 2 aliphatic rings. The minimum Gasteiger partial charge on any atom is -0.340 e. The molecule has 0 bridgehead atoms. The molecule has 5 nitrogen and oxygen atoms in total. The highest BCUT2D eigenvalue weighted by atomic mass is 32.1. The Morgan fingerprint density at radius 3 is 2.76 bits per heavy atom. The molecule has 21 heavy (non-hydrogen) atoms. The van der Waals surface area contributed by atoms with Gasteiger partial charge in [0, 0.05) is 55.9 Å². The summed E-state index contributed by atoms with van der Waals surface area (Å²) in [5.41, 5.74) is 1.66. The van der Waals surface area contributed by atoms with Crippen LogP contribution in [0.2, 0.25) is 0 Å². The predicted octanol–water partition coefficient (Wildman–Crippen LogP) is 1.95. The highest BCUT2D eigenvalue weighted by Gasteiger charge is 2.47. The maximum absolute atomic E-state index is 4.56. The second kappa shape index (κ2) is 5.03. The summed E-state index contributed by atoms with van der Waals surface area (Å²) in [4.78, 5) is 18.1. The maximum Gasteiger partial charge on any atom is 0.225 e. The molecular weight excluding hydrogens is 282 g/mol. The summed E-state index contributed by atoms with van der Waals surface area (Å²) < 4.78 is 0. The summed E-state index contributed by atoms with van der Waals surface area (Å²) in [6.07, 6.45) is 4.90. The quantitative estimate of drug-likeness (QED) is 0.867. The Labute approximate surface area is 128 Å². The lowest BCUT2D eigenvalue weighted by Crippen LogP contribution is -2.56. The molecule has 6 heteroatoms. The Balaban J connectivity index is 1.35. The van der Waals surface area contributed by atoms with Gasteiger partial charge in [0.2, 0.25) is 5.95 Å². The van der Waals surface area contributed by atoms with Gasteiger partial charge in [0.1, 0.15) is 0 Å². The standard InChI is InChI=1S/C15H19N5S/c1-12-18-13(8-21-12)7-19-9-15(10-19)3-6-20(11-15)14-16-4-2-5-17-14/h2,4-5,8H,3,6-7,9-11H2,1H3. The van der Waals surface area contributed by atoms with Crippen molar-refractivity contribution in [1.29, 1.82) is 0 Å². The maximum atomic E-state index is 4.56. The molecule has 1 spiro atoms. The SMILES string of the molecule is Cc1nc(CN2CC3(CCN(c4ncccn4)C3)C2)cs1. The minimum atomic E-state index is 0.449. The normalized spacial score (nSPS) is 20.9. The van der Waals surface area contributed by atoms with Gasteiger partial charge in [-0.3, -0.25) is 4.90 Å². The van der Waals surface area contributed by atoms with Gasteiger partial charge < -0.3 is 4.90 Å². The van der Waals surface area contributed by atoms with E-state index >= 15 is 0 Å². The third kappa shape index (κ3) is 2.53. The van der Waals surface area contributed by atoms with Crippen molar-refractivity contribution in [2.75, 3.05) is 31.1 Å². The van der Waals surface area contributed by atoms with Crippen molar-refractivity contribution in [2.45, 2.75) is 19.9 Å². The van der Waals surface area contributed by atoms with Crippen LogP contribution in [0, 0.1) is 12.3 Å². The first kappa shape index (κ1) is 13.2. The average molecular weight is 301 g/mol. The van der Waals surface area contributed by atoms with Crippen molar-refractivity contribution in [3.8, 4) is 0 Å². The molecular formula is C15H19N5S. The Hall–Kier alpha value is -1.53. The average Bonchev–Trinajstić information content (AvgIpc) is 3.07.